The molecule has 2 saturated heterocycles. The van der Waals surface area contributed by atoms with Gasteiger partial charge in [-0.05, 0) is 31.4 Å². The molecule has 1 aliphatic carbocycles. The fraction of sp³-hybridized carbons (Fsp3) is 0.483. The molecule has 2 aliphatic heterocycles. The van der Waals surface area contributed by atoms with E-state index in [2.05, 4.69) is 5.32 Å². The van der Waals surface area contributed by atoms with Crippen molar-refractivity contribution in [3.05, 3.63) is 57.6 Å². The predicted molar refractivity (Wildman–Crippen MR) is 144 cm³/mol. The third-order valence-electron chi connectivity index (χ3n) is 8.82. The van der Waals surface area contributed by atoms with Gasteiger partial charge < -0.3 is 14.6 Å². The SMILES string of the molecule is COc1ccc(C2NC(CC3CCCCC3)(C(=O)O)C3C(=O)N(c4cccc([N+](=O)[O-])c4)C(=O)C23)c(OC)c1C. The molecule has 5 rings (SSSR count). The van der Waals surface area contributed by atoms with Gasteiger partial charge in [0.25, 0.3) is 5.69 Å². The number of nitro benzene ring substituents is 1. The normalized spacial score (nSPS) is 26.6. The number of fused-ring (bicyclic) bond motifs is 1. The minimum atomic E-state index is -1.71. The van der Waals surface area contributed by atoms with E-state index in [1.54, 1.807) is 19.1 Å². The molecule has 4 unspecified atom stereocenters. The van der Waals surface area contributed by atoms with Crippen molar-refractivity contribution in [1.29, 1.82) is 0 Å². The van der Waals surface area contributed by atoms with Crippen LogP contribution in [0.15, 0.2) is 36.4 Å². The maximum Gasteiger partial charge on any atom is 0.324 e. The Morgan fingerprint density at radius 3 is 2.48 bits per heavy atom. The number of carbonyl (C=O) groups is 3. The number of nitrogens with one attached hydrogen (secondary N) is 1. The summed E-state index contributed by atoms with van der Waals surface area (Å²) >= 11 is 0. The van der Waals surface area contributed by atoms with E-state index in [4.69, 9.17) is 9.47 Å². The van der Waals surface area contributed by atoms with Crippen LogP contribution < -0.4 is 19.7 Å². The van der Waals surface area contributed by atoms with Gasteiger partial charge in [-0.15, -0.1) is 0 Å². The quantitative estimate of drug-likeness (QED) is 0.280. The largest absolute Gasteiger partial charge is 0.496 e. The van der Waals surface area contributed by atoms with Gasteiger partial charge >= 0.3 is 5.97 Å². The lowest BCUT2D eigenvalue weighted by Crippen LogP contribution is -2.57. The first kappa shape index (κ1) is 27.6. The second-order valence-corrected chi connectivity index (χ2v) is 10.9. The molecule has 2 amide bonds. The Labute approximate surface area is 231 Å². The van der Waals surface area contributed by atoms with E-state index in [0.29, 0.717) is 22.6 Å². The highest BCUT2D eigenvalue weighted by Gasteiger charge is 2.69. The predicted octanol–water partition coefficient (Wildman–Crippen LogP) is 4.16. The molecule has 40 heavy (non-hydrogen) atoms. The van der Waals surface area contributed by atoms with Crippen molar-refractivity contribution >= 4 is 29.2 Å². The van der Waals surface area contributed by atoms with Gasteiger partial charge in [-0.3, -0.25) is 29.8 Å². The Bertz CT molecular complexity index is 1370. The number of rotatable bonds is 8. The molecular formula is C29H33N3O8. The lowest BCUT2D eigenvalue weighted by Gasteiger charge is -2.35. The standard InChI is InChI=1S/C29H33N3O8/c1-16-21(39-2)13-12-20(25(16)40-3)24-22-23(29(30-24,28(35)36)15-17-8-5-4-6-9-17)27(34)31(26(22)33)18-10-7-11-19(14-18)32(37)38/h7,10-14,17,22-24,30H,4-6,8-9,15H2,1-3H3,(H,35,36). The molecule has 0 bridgehead atoms. The van der Waals surface area contributed by atoms with E-state index in [1.807, 2.05) is 0 Å². The maximum absolute atomic E-state index is 14.1. The number of hydrogen-bond donors (Lipinski definition) is 2. The number of ether oxygens (including phenoxy) is 2. The number of anilines is 1. The number of carboxylic acid groups (broad SMARTS) is 1. The lowest BCUT2D eigenvalue weighted by atomic mass is 9.72. The monoisotopic (exact) mass is 551 g/mol. The third kappa shape index (κ3) is 4.28. The summed E-state index contributed by atoms with van der Waals surface area (Å²) in [5.74, 6) is -3.67. The number of carbonyl (C=O) groups excluding carboxylic acids is 2. The average molecular weight is 552 g/mol. The fourth-order valence-electron chi connectivity index (χ4n) is 7.02. The number of carboxylic acids is 1. The number of benzene rings is 2. The lowest BCUT2D eigenvalue weighted by molar-refractivity contribution is -0.384. The fourth-order valence-corrected chi connectivity index (χ4v) is 7.02. The number of hydrogen-bond acceptors (Lipinski definition) is 8. The van der Waals surface area contributed by atoms with Crippen LogP contribution in [-0.4, -0.2) is 47.6 Å². The van der Waals surface area contributed by atoms with Gasteiger partial charge in [-0.2, -0.15) is 0 Å². The molecule has 3 aliphatic rings. The number of non-ortho nitro benzene ring substituents is 1. The Hall–Kier alpha value is -3.99. The van der Waals surface area contributed by atoms with Gasteiger partial charge in [0.05, 0.1) is 36.7 Å². The summed E-state index contributed by atoms with van der Waals surface area (Å²) in [5.41, 5.74) is -0.715. The van der Waals surface area contributed by atoms with Crippen LogP contribution in [0.2, 0.25) is 0 Å². The number of nitro groups is 1. The first-order chi connectivity index (χ1) is 19.1. The molecule has 4 atom stereocenters. The van der Waals surface area contributed by atoms with Crippen molar-refractivity contribution in [2.24, 2.45) is 17.8 Å². The second-order valence-electron chi connectivity index (χ2n) is 10.9. The average Bonchev–Trinajstić information content (AvgIpc) is 3.42. The molecular weight excluding hydrogens is 518 g/mol. The Kier molecular flexibility index (Phi) is 7.26. The van der Waals surface area contributed by atoms with Crippen LogP contribution >= 0.6 is 0 Å². The van der Waals surface area contributed by atoms with Crippen LogP contribution in [0.3, 0.4) is 0 Å². The van der Waals surface area contributed by atoms with Crippen molar-refractivity contribution in [2.45, 2.75) is 57.0 Å². The van der Waals surface area contributed by atoms with E-state index in [0.717, 1.165) is 37.0 Å². The summed E-state index contributed by atoms with van der Waals surface area (Å²) in [7, 11) is 3.02. The summed E-state index contributed by atoms with van der Waals surface area (Å²) in [5, 5.41) is 25.5. The van der Waals surface area contributed by atoms with E-state index in [9.17, 15) is 29.6 Å². The van der Waals surface area contributed by atoms with Gasteiger partial charge in [0.2, 0.25) is 11.8 Å². The van der Waals surface area contributed by atoms with Gasteiger partial charge in [-0.1, -0.05) is 44.2 Å². The topological polar surface area (TPSA) is 148 Å². The molecule has 11 heteroatoms. The van der Waals surface area contributed by atoms with Gasteiger partial charge in [0, 0.05) is 29.3 Å². The smallest absolute Gasteiger partial charge is 0.324 e. The van der Waals surface area contributed by atoms with Crippen molar-refractivity contribution in [2.75, 3.05) is 19.1 Å². The molecule has 2 aromatic carbocycles. The van der Waals surface area contributed by atoms with Crippen LogP contribution in [0.1, 0.15) is 55.7 Å². The first-order valence-corrected chi connectivity index (χ1v) is 13.5. The molecule has 0 spiro atoms. The number of methoxy groups -OCH3 is 2. The molecule has 212 valence electrons. The minimum Gasteiger partial charge on any atom is -0.496 e. The molecule has 0 radical (unpaired) electrons. The highest BCUT2D eigenvalue weighted by molar-refractivity contribution is 6.24. The zero-order valence-electron chi connectivity index (χ0n) is 22.7. The van der Waals surface area contributed by atoms with E-state index in [1.165, 1.54) is 38.5 Å². The van der Waals surface area contributed by atoms with Crippen LogP contribution in [0.5, 0.6) is 11.5 Å². The molecule has 2 N–H and O–H groups in total. The van der Waals surface area contributed by atoms with E-state index >= 15 is 0 Å². The van der Waals surface area contributed by atoms with Crippen molar-refractivity contribution in [1.82, 2.24) is 5.32 Å². The second kappa shape index (κ2) is 10.5. The highest BCUT2D eigenvalue weighted by atomic mass is 16.6. The minimum absolute atomic E-state index is 0.0483. The zero-order valence-corrected chi connectivity index (χ0v) is 22.7. The summed E-state index contributed by atoms with van der Waals surface area (Å²) < 4.78 is 11.2. The first-order valence-electron chi connectivity index (χ1n) is 13.5. The zero-order chi connectivity index (χ0) is 28.8. The van der Waals surface area contributed by atoms with Crippen molar-refractivity contribution in [3.63, 3.8) is 0 Å². The number of aliphatic carboxylic acids is 1. The Morgan fingerprint density at radius 2 is 1.85 bits per heavy atom. The van der Waals surface area contributed by atoms with E-state index in [-0.39, 0.29) is 23.7 Å². The summed E-state index contributed by atoms with van der Waals surface area (Å²) in [6, 6.07) is 7.89. The van der Waals surface area contributed by atoms with Gasteiger partial charge in [0.1, 0.15) is 17.0 Å². The number of imide groups is 1. The Morgan fingerprint density at radius 1 is 1.12 bits per heavy atom. The molecule has 2 heterocycles. The number of amides is 2. The van der Waals surface area contributed by atoms with Crippen LogP contribution in [-0.2, 0) is 14.4 Å². The van der Waals surface area contributed by atoms with Crippen LogP contribution in [0, 0.1) is 34.8 Å². The van der Waals surface area contributed by atoms with Gasteiger partial charge in [-0.25, -0.2) is 4.90 Å². The Balaban J connectivity index is 1.67. The maximum atomic E-state index is 14.1. The molecule has 0 aromatic heterocycles. The molecule has 2 aromatic rings. The summed E-state index contributed by atoms with van der Waals surface area (Å²) in [6.45, 7) is 1.80. The van der Waals surface area contributed by atoms with Gasteiger partial charge in [0.15, 0.2) is 0 Å². The molecule has 3 fully saturated rings. The third-order valence-corrected chi connectivity index (χ3v) is 8.82. The molecule has 11 nitrogen and oxygen atoms in total. The van der Waals surface area contributed by atoms with Crippen molar-refractivity contribution < 1.29 is 33.9 Å². The molecule has 1 saturated carbocycles. The summed E-state index contributed by atoms with van der Waals surface area (Å²) in [4.78, 5) is 53.2. The number of nitrogens with zero attached hydrogens (tertiary/aromatic N) is 2. The highest BCUT2D eigenvalue weighted by Crippen LogP contribution is 2.54. The van der Waals surface area contributed by atoms with Crippen molar-refractivity contribution in [3.8, 4) is 11.5 Å². The van der Waals surface area contributed by atoms with Crippen LogP contribution in [0.25, 0.3) is 0 Å². The van der Waals surface area contributed by atoms with E-state index < -0.39 is 46.1 Å². The summed E-state index contributed by atoms with van der Waals surface area (Å²) in [6.07, 6.45) is 4.94. The van der Waals surface area contributed by atoms with Crippen LogP contribution in [0.4, 0.5) is 11.4 Å².